The van der Waals surface area contributed by atoms with E-state index in [9.17, 15) is 0 Å². The summed E-state index contributed by atoms with van der Waals surface area (Å²) in [6.07, 6.45) is 3.58. The Morgan fingerprint density at radius 3 is 2.55 bits per heavy atom. The third kappa shape index (κ3) is 12.8. The van der Waals surface area contributed by atoms with Gasteiger partial charge in [0.1, 0.15) is 5.75 Å². The van der Waals surface area contributed by atoms with E-state index in [4.69, 9.17) is 19.2 Å². The lowest BCUT2D eigenvalue weighted by Crippen LogP contribution is -2.41. The van der Waals surface area contributed by atoms with Crippen LogP contribution in [0.1, 0.15) is 47.0 Å². The highest BCUT2D eigenvalue weighted by Crippen LogP contribution is 2.19. The van der Waals surface area contributed by atoms with Crippen LogP contribution < -0.4 is 15.4 Å². The highest BCUT2D eigenvalue weighted by molar-refractivity contribution is 14.0. The molecule has 0 saturated carbocycles. The van der Waals surface area contributed by atoms with Gasteiger partial charge < -0.3 is 29.7 Å². The van der Waals surface area contributed by atoms with Crippen molar-refractivity contribution < 1.29 is 14.2 Å². The first-order chi connectivity index (χ1) is 15.5. The smallest absolute Gasteiger partial charge is 0.195 e. The van der Waals surface area contributed by atoms with Crippen LogP contribution in [-0.4, -0.2) is 76.1 Å². The number of ether oxygens (including phenoxy) is 3. The van der Waals surface area contributed by atoms with Gasteiger partial charge in [-0.05, 0) is 83.7 Å². The van der Waals surface area contributed by atoms with E-state index < -0.39 is 0 Å². The number of nitrogens with one attached hydrogen (secondary N) is 2. The van der Waals surface area contributed by atoms with Crippen molar-refractivity contribution >= 4 is 35.6 Å². The fraction of sp³-hybridized carbons (Fsp3) is 0.720. The van der Waals surface area contributed by atoms with Crippen molar-refractivity contribution in [2.24, 2.45) is 10.9 Å². The van der Waals surface area contributed by atoms with E-state index in [1.165, 1.54) is 19.4 Å². The Balaban J connectivity index is 0.00000544. The van der Waals surface area contributed by atoms with Gasteiger partial charge in [0.05, 0.1) is 19.3 Å². The molecular weight excluding hydrogens is 531 g/mol. The Morgan fingerprint density at radius 1 is 1.12 bits per heavy atom. The Kier molecular flexibility index (Phi) is 15.7. The molecule has 7 nitrogen and oxygen atoms in total. The van der Waals surface area contributed by atoms with Crippen LogP contribution in [0.2, 0.25) is 0 Å². The van der Waals surface area contributed by atoms with Crippen LogP contribution in [0, 0.1) is 5.92 Å². The summed E-state index contributed by atoms with van der Waals surface area (Å²) in [5.41, 5.74) is 0.996. The first-order valence-electron chi connectivity index (χ1n) is 12.1. The molecule has 1 aromatic carbocycles. The average molecular weight is 577 g/mol. The summed E-state index contributed by atoms with van der Waals surface area (Å²) in [4.78, 5) is 7.49. The zero-order valence-corrected chi connectivity index (χ0v) is 23.5. The first-order valence-corrected chi connectivity index (χ1v) is 12.1. The topological polar surface area (TPSA) is 67.4 Å². The Bertz CT molecular complexity index is 656. The average Bonchev–Trinajstić information content (AvgIpc) is 2.77. The maximum Gasteiger partial charge on any atom is 0.195 e. The summed E-state index contributed by atoms with van der Waals surface area (Å²) in [5, 5.41) is 6.92. The third-order valence-corrected chi connectivity index (χ3v) is 5.47. The monoisotopic (exact) mass is 576 g/mol. The second-order valence-electron chi connectivity index (χ2n) is 8.99. The molecule has 1 saturated heterocycles. The summed E-state index contributed by atoms with van der Waals surface area (Å²) in [6.45, 7) is 14.6. The SMILES string of the molecule is COCCOCCCNC(=NCC1CCCN(C(C)C)C1)Nc1ccc(OC(C)C)cc1.I. The van der Waals surface area contributed by atoms with Gasteiger partial charge in [0, 0.05) is 45.1 Å². The normalized spacial score (nSPS) is 17.2. The molecule has 190 valence electrons. The summed E-state index contributed by atoms with van der Waals surface area (Å²) in [6, 6.07) is 8.65. The van der Waals surface area contributed by atoms with E-state index in [-0.39, 0.29) is 30.1 Å². The van der Waals surface area contributed by atoms with Crippen molar-refractivity contribution in [3.63, 3.8) is 0 Å². The number of hydrogen-bond acceptors (Lipinski definition) is 5. The minimum Gasteiger partial charge on any atom is -0.491 e. The van der Waals surface area contributed by atoms with Gasteiger partial charge in [0.15, 0.2) is 5.96 Å². The van der Waals surface area contributed by atoms with E-state index in [2.05, 4.69) is 29.4 Å². The summed E-state index contributed by atoms with van der Waals surface area (Å²) in [5.74, 6) is 2.30. The van der Waals surface area contributed by atoms with E-state index in [1.54, 1.807) is 7.11 Å². The van der Waals surface area contributed by atoms with E-state index in [0.29, 0.717) is 31.8 Å². The zero-order chi connectivity index (χ0) is 23.2. The second-order valence-corrected chi connectivity index (χ2v) is 8.99. The Morgan fingerprint density at radius 2 is 1.88 bits per heavy atom. The van der Waals surface area contributed by atoms with Crippen LogP contribution in [0.15, 0.2) is 29.3 Å². The van der Waals surface area contributed by atoms with Crippen LogP contribution in [0.25, 0.3) is 0 Å². The van der Waals surface area contributed by atoms with Gasteiger partial charge >= 0.3 is 0 Å². The summed E-state index contributed by atoms with van der Waals surface area (Å²) >= 11 is 0. The molecule has 8 heteroatoms. The molecular formula is C25H45IN4O3. The number of methoxy groups -OCH3 is 1. The van der Waals surface area contributed by atoms with Crippen LogP contribution in [0.5, 0.6) is 5.75 Å². The number of piperidine rings is 1. The lowest BCUT2D eigenvalue weighted by atomic mass is 9.97. The largest absolute Gasteiger partial charge is 0.491 e. The third-order valence-electron chi connectivity index (χ3n) is 5.47. The molecule has 2 rings (SSSR count). The van der Waals surface area contributed by atoms with Crippen LogP contribution in [0.3, 0.4) is 0 Å². The van der Waals surface area contributed by atoms with Crippen molar-refractivity contribution in [2.75, 3.05) is 58.4 Å². The van der Waals surface area contributed by atoms with Crippen molar-refractivity contribution in [3.05, 3.63) is 24.3 Å². The van der Waals surface area contributed by atoms with Gasteiger partial charge in [-0.3, -0.25) is 4.99 Å². The zero-order valence-electron chi connectivity index (χ0n) is 21.1. The second kappa shape index (κ2) is 17.4. The number of anilines is 1. The number of rotatable bonds is 13. The highest BCUT2D eigenvalue weighted by atomic mass is 127. The van der Waals surface area contributed by atoms with Gasteiger partial charge in [-0.15, -0.1) is 24.0 Å². The van der Waals surface area contributed by atoms with Crippen molar-refractivity contribution in [2.45, 2.75) is 59.1 Å². The standard InChI is InChI=1S/C25H44N4O3.HI/c1-20(2)29-14-6-8-22(19-29)18-27-25(26-13-7-15-31-17-16-30-5)28-23-9-11-24(12-10-23)32-21(3)4;/h9-12,20-22H,6-8,13-19H2,1-5H3,(H2,26,27,28);1H. The first kappa shape index (κ1) is 29.9. The molecule has 0 bridgehead atoms. The van der Waals surface area contributed by atoms with E-state index in [1.807, 2.05) is 38.1 Å². The molecule has 0 radical (unpaired) electrons. The molecule has 1 heterocycles. The number of halogens is 1. The molecule has 1 aliphatic heterocycles. The lowest BCUT2D eigenvalue weighted by Gasteiger charge is -2.34. The predicted molar refractivity (Wildman–Crippen MR) is 148 cm³/mol. The lowest BCUT2D eigenvalue weighted by molar-refractivity contribution is 0.0699. The Hall–Kier alpha value is -1.10. The summed E-state index contributed by atoms with van der Waals surface area (Å²) < 4.78 is 16.3. The molecule has 0 aromatic heterocycles. The molecule has 0 spiro atoms. The van der Waals surface area contributed by atoms with Gasteiger partial charge in [0.25, 0.3) is 0 Å². The molecule has 33 heavy (non-hydrogen) atoms. The molecule has 1 unspecified atom stereocenters. The number of benzene rings is 1. The minimum atomic E-state index is 0. The Labute approximate surface area is 218 Å². The summed E-state index contributed by atoms with van der Waals surface area (Å²) in [7, 11) is 1.69. The van der Waals surface area contributed by atoms with E-state index in [0.717, 1.165) is 43.5 Å². The quantitative estimate of drug-likeness (QED) is 0.155. The molecule has 2 N–H and O–H groups in total. The molecule has 0 amide bonds. The number of guanidine groups is 1. The number of nitrogens with zero attached hydrogens (tertiary/aromatic N) is 2. The molecule has 1 atom stereocenters. The van der Waals surface area contributed by atoms with Crippen molar-refractivity contribution in [1.29, 1.82) is 0 Å². The fourth-order valence-corrected chi connectivity index (χ4v) is 3.73. The number of hydrogen-bond donors (Lipinski definition) is 2. The number of aliphatic imine (C=N–C) groups is 1. The fourth-order valence-electron chi connectivity index (χ4n) is 3.73. The minimum absolute atomic E-state index is 0. The molecule has 1 fully saturated rings. The maximum atomic E-state index is 5.75. The highest BCUT2D eigenvalue weighted by Gasteiger charge is 2.21. The van der Waals surface area contributed by atoms with Gasteiger partial charge in [-0.1, -0.05) is 0 Å². The van der Waals surface area contributed by atoms with Crippen LogP contribution >= 0.6 is 24.0 Å². The van der Waals surface area contributed by atoms with Gasteiger partial charge in [0.2, 0.25) is 0 Å². The molecule has 0 aliphatic carbocycles. The van der Waals surface area contributed by atoms with Crippen LogP contribution in [-0.2, 0) is 9.47 Å². The predicted octanol–water partition coefficient (Wildman–Crippen LogP) is 4.62. The van der Waals surface area contributed by atoms with Gasteiger partial charge in [-0.2, -0.15) is 0 Å². The number of likely N-dealkylation sites (tertiary alicyclic amines) is 1. The van der Waals surface area contributed by atoms with Crippen molar-refractivity contribution in [1.82, 2.24) is 10.2 Å². The van der Waals surface area contributed by atoms with E-state index >= 15 is 0 Å². The molecule has 1 aromatic rings. The molecule has 1 aliphatic rings. The van der Waals surface area contributed by atoms with Crippen molar-refractivity contribution in [3.8, 4) is 5.75 Å². The van der Waals surface area contributed by atoms with Gasteiger partial charge in [-0.25, -0.2) is 0 Å². The van der Waals surface area contributed by atoms with Crippen LogP contribution in [0.4, 0.5) is 5.69 Å². The maximum absolute atomic E-state index is 5.75.